The minimum absolute atomic E-state index is 0.155. The van der Waals surface area contributed by atoms with Crippen LogP contribution in [-0.2, 0) is 32.4 Å². The van der Waals surface area contributed by atoms with Gasteiger partial charge in [0, 0.05) is 283 Å². The molecule has 5 unspecified atom stereocenters. The van der Waals surface area contributed by atoms with Crippen molar-refractivity contribution in [3.8, 4) is 0 Å². The van der Waals surface area contributed by atoms with Gasteiger partial charge in [0.1, 0.15) is 0 Å². The summed E-state index contributed by atoms with van der Waals surface area (Å²) in [6, 6.07) is 72.3. The second-order valence-corrected chi connectivity index (χ2v) is 39.4. The molecule has 5 saturated heterocycles. The lowest BCUT2D eigenvalue weighted by Crippen LogP contribution is -2.48. The first-order valence-electron chi connectivity index (χ1n) is 50.4. The molecule has 142 heavy (non-hydrogen) atoms. The molecule has 10 aromatic heterocycles. The fraction of sp³-hybridized carbons (Fsp3) is 0.375. The highest BCUT2D eigenvalue weighted by molar-refractivity contribution is 6.31. The number of H-pyrrole nitrogens is 5. The van der Waals surface area contributed by atoms with Crippen LogP contribution in [0.25, 0.3) is 0 Å². The molecule has 0 spiro atoms. The summed E-state index contributed by atoms with van der Waals surface area (Å²) in [5.41, 5.74) is 17.9. The number of rotatable bonds is 37. The molecule has 30 heteroatoms. The van der Waals surface area contributed by atoms with Gasteiger partial charge in [-0.25, -0.2) is 24.9 Å². The molecule has 5 fully saturated rings. The number of halogens is 5. The van der Waals surface area contributed by atoms with Gasteiger partial charge in [-0.2, -0.15) is 0 Å². The Morgan fingerprint density at radius 3 is 0.725 bits per heavy atom. The van der Waals surface area contributed by atoms with Crippen LogP contribution in [0.1, 0.15) is 160 Å². The maximum atomic E-state index is 6.12. The Kier molecular flexibility index (Phi) is 41.1. The molecular formula is C112H134Cl5N25. The van der Waals surface area contributed by atoms with Crippen LogP contribution in [-0.4, -0.2) is 287 Å². The number of aryl methyl sites for hydroxylation is 3. The van der Waals surface area contributed by atoms with Crippen LogP contribution in [0.5, 0.6) is 0 Å². The largest absolute Gasteiger partial charge is 0.348 e. The van der Waals surface area contributed by atoms with Crippen LogP contribution in [0.4, 0.5) is 0 Å². The van der Waals surface area contributed by atoms with Gasteiger partial charge in [0.15, 0.2) is 0 Å². The smallest absolute Gasteiger partial charge is 0.0922 e. The predicted octanol–water partition coefficient (Wildman–Crippen LogP) is 19.8. The number of benzene rings is 5. The van der Waals surface area contributed by atoms with E-state index in [2.05, 4.69) is 245 Å². The van der Waals surface area contributed by atoms with Crippen molar-refractivity contribution >= 4 is 58.0 Å². The quantitative estimate of drug-likeness (QED) is 0.0227. The van der Waals surface area contributed by atoms with Crippen LogP contribution in [0.3, 0.4) is 0 Å². The first-order chi connectivity index (χ1) is 69.9. The predicted molar refractivity (Wildman–Crippen MR) is 572 cm³/mol. The van der Waals surface area contributed by atoms with Gasteiger partial charge >= 0.3 is 0 Å². The van der Waals surface area contributed by atoms with E-state index >= 15 is 0 Å². The van der Waals surface area contributed by atoms with Gasteiger partial charge < -0.3 is 49.4 Å². The number of hydrogen-bond donors (Lipinski definition) is 5. The van der Waals surface area contributed by atoms with E-state index in [1.54, 1.807) is 31.6 Å². The third kappa shape index (κ3) is 32.7. The number of hydrogen-bond acceptors (Lipinski definition) is 20. The molecule has 5 aromatic carbocycles. The molecule has 5 aliphatic heterocycles. The SMILES string of the molecule is Clc1ccc(C(CCN2CCN(CCCCc3cnc[nH]3)CC2)c2ccccn2)cc1.Clc1ccc(C(CCN2CCN(Cc3cnc[nH]3)CC2)c2ccccn2)cc1.Clc1ccc(C(c2ccccn2)N2CCN(CCCCc3cnc[nH]3)CC2)cc1.Clc1ccc(C(c2ccccn2)N2CCN(CCCc3cnc[nH]3)CC2)cc1.Clc1ccc(C(c2ccccn2)N2CCN(Cc3cnc[nH]3)CC2)cc1. The van der Waals surface area contributed by atoms with Crippen LogP contribution in [0.15, 0.2) is 306 Å². The van der Waals surface area contributed by atoms with Gasteiger partial charge in [-0.05, 0) is 246 Å². The average Bonchev–Trinajstić information content (AvgIpc) is 1.00. The number of aromatic amines is 5. The molecule has 5 atom stereocenters. The standard InChI is InChI=1S/C25H32ClN5.C23H28ClN5.2C22H26ClN5.C20H22ClN5/c26-22-9-7-21(8-10-22)24(25-6-1-3-12-28-25)11-14-31-17-15-30(16-18-31)13-4-2-5-23-19-27-20-29-23;24-20-9-7-19(8-10-20)23(22-6-1-3-11-26-22)29-15-13-28(14-16-29)12-4-2-5-21-17-25-18-27-21;23-19-8-6-18(7-9-19)22(21-5-1-2-10-25-21)28-14-12-27(13-15-28)11-3-4-20-16-24-17-26-20;23-19-6-4-18(5-7-19)21(22-3-1-2-9-25-22)8-10-27-11-13-28(14-12-27)16-20-15-24-17-26-20;21-17-6-4-16(5-7-17)20(19-3-1-2-8-23-19)26-11-9-25(10-12-26)14-18-13-22-15-24-18/h1,3,6-10,12,19-20,24H,2,4-5,11,13-18H2,(H,27,29);1,3,6-11,17-18,23H,2,4-5,12-16H2,(H,25,27);1-2,5-10,16-17,22H,3-4,11-15H2,(H,24,26);1-7,9,15,17,21H,8,10-14,16H2,(H,24,26);1-8,13,15,20H,9-12,14H2,(H,22,24). The van der Waals surface area contributed by atoms with E-state index in [1.165, 1.54) is 95.9 Å². The number of piperazine rings is 5. The normalized spacial score (nSPS) is 16.8. The van der Waals surface area contributed by atoms with Crippen LogP contribution < -0.4 is 0 Å². The maximum Gasteiger partial charge on any atom is 0.0922 e. The average molecular weight is 2010 g/mol. The highest BCUT2D eigenvalue weighted by atomic mass is 35.5. The number of unbranched alkanes of at least 4 members (excludes halogenated alkanes) is 2. The van der Waals surface area contributed by atoms with E-state index < -0.39 is 0 Å². The van der Waals surface area contributed by atoms with E-state index in [0.717, 1.165) is 255 Å². The zero-order valence-corrected chi connectivity index (χ0v) is 85.0. The van der Waals surface area contributed by atoms with E-state index in [0.29, 0.717) is 11.8 Å². The van der Waals surface area contributed by atoms with Crippen LogP contribution >= 0.6 is 58.0 Å². The van der Waals surface area contributed by atoms with Crippen molar-refractivity contribution in [2.24, 2.45) is 0 Å². The molecule has 5 N–H and O–H groups in total. The van der Waals surface area contributed by atoms with Crippen LogP contribution in [0.2, 0.25) is 25.1 Å². The Bertz CT molecular complexity index is 5860. The number of nitrogens with one attached hydrogen (secondary N) is 5. The van der Waals surface area contributed by atoms with Crippen molar-refractivity contribution < 1.29 is 0 Å². The molecule has 0 aliphatic carbocycles. The highest BCUT2D eigenvalue weighted by Gasteiger charge is 2.33. The molecule has 15 aromatic rings. The van der Waals surface area contributed by atoms with Crippen LogP contribution in [0, 0.1) is 0 Å². The Hall–Kier alpha value is -11.1. The number of imidazole rings is 5. The number of pyridine rings is 5. The Balaban J connectivity index is 0.000000128. The summed E-state index contributed by atoms with van der Waals surface area (Å²) in [5.74, 6) is 0.598. The lowest BCUT2D eigenvalue weighted by molar-refractivity contribution is 0.103. The molecule has 15 heterocycles. The van der Waals surface area contributed by atoms with Crippen molar-refractivity contribution in [1.29, 1.82) is 0 Å². The van der Waals surface area contributed by atoms with Gasteiger partial charge in [-0.3, -0.25) is 49.4 Å². The van der Waals surface area contributed by atoms with E-state index in [9.17, 15) is 0 Å². The van der Waals surface area contributed by atoms with Gasteiger partial charge in [-0.15, -0.1) is 0 Å². The Morgan fingerprint density at radius 1 is 0.225 bits per heavy atom. The van der Waals surface area contributed by atoms with Gasteiger partial charge in [-0.1, -0.05) is 149 Å². The Morgan fingerprint density at radius 2 is 0.458 bits per heavy atom. The number of aromatic nitrogens is 15. The second kappa shape index (κ2) is 56.3. The third-order valence-corrected chi connectivity index (χ3v) is 28.9. The first kappa shape index (κ1) is 104. The fourth-order valence-corrected chi connectivity index (χ4v) is 20.4. The van der Waals surface area contributed by atoms with Crippen molar-refractivity contribution in [3.05, 3.63) is 416 Å². The molecule has 0 amide bonds. The monoisotopic (exact) mass is 2000 g/mol. The van der Waals surface area contributed by atoms with Crippen molar-refractivity contribution in [3.63, 3.8) is 0 Å². The fourth-order valence-electron chi connectivity index (χ4n) is 19.8. The lowest BCUT2D eigenvalue weighted by atomic mass is 9.91. The zero-order valence-electron chi connectivity index (χ0n) is 81.3. The van der Waals surface area contributed by atoms with Gasteiger partial charge in [0.25, 0.3) is 0 Å². The van der Waals surface area contributed by atoms with Gasteiger partial charge in [0.05, 0.1) is 66.8 Å². The minimum Gasteiger partial charge on any atom is -0.348 e. The Labute approximate surface area is 862 Å². The molecular weight excluding hydrogens is 1870 g/mol. The summed E-state index contributed by atoms with van der Waals surface area (Å²) in [6.07, 6.45) is 39.2. The second-order valence-electron chi connectivity index (χ2n) is 37.2. The van der Waals surface area contributed by atoms with E-state index in [4.69, 9.17) is 58.0 Å². The van der Waals surface area contributed by atoms with Crippen molar-refractivity contribution in [1.82, 2.24) is 124 Å². The molecule has 5 aliphatic rings. The summed E-state index contributed by atoms with van der Waals surface area (Å²) in [6.45, 7) is 29.1. The highest BCUT2D eigenvalue weighted by Crippen LogP contribution is 2.36. The molecule has 742 valence electrons. The molecule has 0 radical (unpaired) electrons. The lowest BCUT2D eigenvalue weighted by Gasteiger charge is -2.39. The van der Waals surface area contributed by atoms with E-state index in [-0.39, 0.29) is 18.1 Å². The van der Waals surface area contributed by atoms with Gasteiger partial charge in [0.2, 0.25) is 0 Å². The van der Waals surface area contributed by atoms with E-state index in [1.807, 2.05) is 153 Å². The zero-order chi connectivity index (χ0) is 97.3. The first-order valence-corrected chi connectivity index (χ1v) is 52.3. The van der Waals surface area contributed by atoms with Crippen molar-refractivity contribution in [2.75, 3.05) is 164 Å². The summed E-state index contributed by atoms with van der Waals surface area (Å²) in [5, 5.41) is 3.86. The molecule has 20 rings (SSSR count). The summed E-state index contributed by atoms with van der Waals surface area (Å²) < 4.78 is 0. The minimum atomic E-state index is 0.155. The van der Waals surface area contributed by atoms with Crippen molar-refractivity contribution in [2.45, 2.75) is 107 Å². The molecule has 0 bridgehead atoms. The summed E-state index contributed by atoms with van der Waals surface area (Å²) in [7, 11) is 0. The topological polar surface area (TPSA) is 240 Å². The number of nitrogens with zero attached hydrogens (tertiary/aromatic N) is 20. The summed E-state index contributed by atoms with van der Waals surface area (Å²) in [4.78, 5) is 85.1. The maximum absolute atomic E-state index is 6.12. The summed E-state index contributed by atoms with van der Waals surface area (Å²) >= 11 is 30.5. The third-order valence-electron chi connectivity index (χ3n) is 27.6. The molecule has 25 nitrogen and oxygen atoms in total. The molecule has 0 saturated carbocycles.